The van der Waals surface area contributed by atoms with Crippen LogP contribution in [0.5, 0.6) is 5.75 Å². The van der Waals surface area contributed by atoms with Crippen LogP contribution in [0.25, 0.3) is 10.9 Å². The predicted molar refractivity (Wildman–Crippen MR) is 111 cm³/mol. The van der Waals surface area contributed by atoms with Crippen LogP contribution < -0.4 is 10.1 Å². The molecule has 5 nitrogen and oxygen atoms in total. The molecule has 0 bridgehead atoms. The average Bonchev–Trinajstić information content (AvgIpc) is 2.64. The molecule has 3 rings (SSSR count). The summed E-state index contributed by atoms with van der Waals surface area (Å²) in [5, 5.41) is 4.89. The van der Waals surface area contributed by atoms with E-state index in [2.05, 4.69) is 15.3 Å². The van der Waals surface area contributed by atoms with Gasteiger partial charge in [0.2, 0.25) is 5.91 Å². The molecule has 140 valence electrons. The van der Waals surface area contributed by atoms with E-state index in [1.807, 2.05) is 45.0 Å². The van der Waals surface area contributed by atoms with Crippen molar-refractivity contribution in [3.05, 3.63) is 52.8 Å². The number of aromatic nitrogens is 2. The van der Waals surface area contributed by atoms with Gasteiger partial charge in [0.1, 0.15) is 16.6 Å². The van der Waals surface area contributed by atoms with Crippen LogP contribution in [-0.4, -0.2) is 28.2 Å². The number of nitrogens with zero attached hydrogens (tertiary/aromatic N) is 2. The van der Waals surface area contributed by atoms with Gasteiger partial charge < -0.3 is 10.1 Å². The molecule has 0 aliphatic carbocycles. The Labute approximate surface area is 167 Å². The van der Waals surface area contributed by atoms with Gasteiger partial charge >= 0.3 is 0 Å². The zero-order valence-electron chi connectivity index (χ0n) is 15.5. The lowest BCUT2D eigenvalue weighted by Crippen LogP contribution is -2.23. The van der Waals surface area contributed by atoms with Gasteiger partial charge in [0, 0.05) is 16.5 Å². The molecule has 2 aromatic carbocycles. The van der Waals surface area contributed by atoms with Crippen LogP contribution in [0.3, 0.4) is 0 Å². The number of nitrogens with one attached hydrogen (secondary N) is 1. The Morgan fingerprint density at radius 2 is 1.96 bits per heavy atom. The maximum absolute atomic E-state index is 12.7. The lowest BCUT2D eigenvalue weighted by atomic mass is 10.2. The fourth-order valence-corrected chi connectivity index (χ4v) is 3.77. The Hall–Kier alpha value is -2.31. The third kappa shape index (κ3) is 4.34. The topological polar surface area (TPSA) is 64.1 Å². The fourth-order valence-electron chi connectivity index (χ4n) is 2.63. The molecule has 3 aromatic rings. The molecule has 0 aliphatic heterocycles. The van der Waals surface area contributed by atoms with Crippen LogP contribution in [0, 0.1) is 13.8 Å². The lowest BCUT2D eigenvalue weighted by molar-refractivity contribution is -0.115. The van der Waals surface area contributed by atoms with Gasteiger partial charge in [0.05, 0.1) is 23.6 Å². The second-order valence-corrected chi connectivity index (χ2v) is 7.88. The highest BCUT2D eigenvalue weighted by molar-refractivity contribution is 8.00. The van der Waals surface area contributed by atoms with Crippen molar-refractivity contribution in [2.45, 2.75) is 31.0 Å². The molecule has 1 aromatic heterocycles. The number of carbonyl (C=O) groups excluding carboxylic acids is 1. The highest BCUT2D eigenvalue weighted by atomic mass is 35.5. The van der Waals surface area contributed by atoms with E-state index in [1.165, 1.54) is 11.8 Å². The van der Waals surface area contributed by atoms with E-state index in [9.17, 15) is 4.79 Å². The summed E-state index contributed by atoms with van der Waals surface area (Å²) in [6, 6.07) is 11.3. The summed E-state index contributed by atoms with van der Waals surface area (Å²) in [6.45, 7) is 5.58. The Bertz CT molecular complexity index is 1010. The number of amides is 1. The van der Waals surface area contributed by atoms with Gasteiger partial charge in [0.15, 0.2) is 0 Å². The Balaban J connectivity index is 1.82. The van der Waals surface area contributed by atoms with Crippen molar-refractivity contribution < 1.29 is 9.53 Å². The molecule has 0 radical (unpaired) electrons. The first-order valence-electron chi connectivity index (χ1n) is 8.44. The van der Waals surface area contributed by atoms with E-state index in [-0.39, 0.29) is 11.2 Å². The quantitative estimate of drug-likeness (QED) is 0.480. The molecule has 0 aliphatic rings. The van der Waals surface area contributed by atoms with Gasteiger partial charge in [0.25, 0.3) is 0 Å². The molecule has 0 saturated carbocycles. The van der Waals surface area contributed by atoms with Crippen LogP contribution in [0.4, 0.5) is 5.69 Å². The van der Waals surface area contributed by atoms with Crippen LogP contribution in [0.1, 0.15) is 18.3 Å². The van der Waals surface area contributed by atoms with Gasteiger partial charge in [-0.05, 0) is 38.5 Å². The van der Waals surface area contributed by atoms with Crippen molar-refractivity contribution in [1.82, 2.24) is 9.97 Å². The van der Waals surface area contributed by atoms with Crippen molar-refractivity contribution in [3.8, 4) is 5.75 Å². The molecule has 1 amide bonds. The number of anilines is 1. The Morgan fingerprint density at radius 3 is 2.70 bits per heavy atom. The summed E-state index contributed by atoms with van der Waals surface area (Å²) in [4.78, 5) is 21.7. The molecule has 7 heteroatoms. The highest BCUT2D eigenvalue weighted by Crippen LogP contribution is 2.33. The Kier molecular flexibility index (Phi) is 5.87. The third-order valence-electron chi connectivity index (χ3n) is 4.08. The number of hydrogen-bond acceptors (Lipinski definition) is 5. The zero-order valence-corrected chi connectivity index (χ0v) is 17.1. The van der Waals surface area contributed by atoms with E-state index in [4.69, 9.17) is 16.3 Å². The molecule has 0 fully saturated rings. The van der Waals surface area contributed by atoms with Gasteiger partial charge in [-0.3, -0.25) is 4.79 Å². The number of methoxy groups -OCH3 is 1. The number of carbonyl (C=O) groups is 1. The number of ether oxygens (including phenoxy) is 1. The van der Waals surface area contributed by atoms with Crippen molar-refractivity contribution in [2.24, 2.45) is 0 Å². The number of benzene rings is 2. The van der Waals surface area contributed by atoms with E-state index in [1.54, 1.807) is 19.2 Å². The van der Waals surface area contributed by atoms with Crippen LogP contribution in [0.15, 0.2) is 41.4 Å². The SMILES string of the molecule is COc1cc(Cl)c(C)cc1NC(=O)[C@H](C)Sc1nc(C)nc2ccccc12. The van der Waals surface area contributed by atoms with Crippen LogP contribution >= 0.6 is 23.4 Å². The molecule has 0 spiro atoms. The standard InChI is InChI=1S/C20H20ClN3O2S/c1-11-9-17(18(26-4)10-15(11)21)24-19(25)12(2)27-20-14-7-5-6-8-16(14)22-13(3)23-20/h5-10,12H,1-4H3,(H,24,25)/t12-/m0/s1. The molecule has 1 heterocycles. The zero-order chi connectivity index (χ0) is 19.6. The first-order valence-corrected chi connectivity index (χ1v) is 9.70. The average molecular weight is 402 g/mol. The highest BCUT2D eigenvalue weighted by Gasteiger charge is 2.19. The van der Waals surface area contributed by atoms with E-state index in [0.29, 0.717) is 22.3 Å². The monoisotopic (exact) mass is 401 g/mol. The number of fused-ring (bicyclic) bond motifs is 1. The molecule has 0 saturated heterocycles. The van der Waals surface area contributed by atoms with Crippen molar-refractivity contribution in [2.75, 3.05) is 12.4 Å². The molecular formula is C20H20ClN3O2S. The van der Waals surface area contributed by atoms with E-state index < -0.39 is 0 Å². The first kappa shape index (κ1) is 19.5. The minimum atomic E-state index is -0.358. The summed E-state index contributed by atoms with van der Waals surface area (Å²) in [5.41, 5.74) is 2.33. The van der Waals surface area contributed by atoms with E-state index >= 15 is 0 Å². The van der Waals surface area contributed by atoms with Crippen molar-refractivity contribution >= 4 is 45.9 Å². The summed E-state index contributed by atoms with van der Waals surface area (Å²) in [6.07, 6.45) is 0. The number of rotatable bonds is 5. The second-order valence-electron chi connectivity index (χ2n) is 6.14. The van der Waals surface area contributed by atoms with Gasteiger partial charge in [-0.1, -0.05) is 41.6 Å². The summed E-state index contributed by atoms with van der Waals surface area (Å²) < 4.78 is 5.33. The molecule has 27 heavy (non-hydrogen) atoms. The number of para-hydroxylation sites is 1. The van der Waals surface area contributed by atoms with Crippen LogP contribution in [0.2, 0.25) is 5.02 Å². The molecule has 1 N–H and O–H groups in total. The molecule has 0 unspecified atom stereocenters. The third-order valence-corrected chi connectivity index (χ3v) is 5.59. The largest absolute Gasteiger partial charge is 0.495 e. The number of halogens is 1. The first-order chi connectivity index (χ1) is 12.9. The van der Waals surface area contributed by atoms with Crippen molar-refractivity contribution in [3.63, 3.8) is 0 Å². The minimum absolute atomic E-state index is 0.139. The maximum Gasteiger partial charge on any atom is 0.237 e. The normalized spacial score (nSPS) is 12.0. The van der Waals surface area contributed by atoms with Crippen molar-refractivity contribution in [1.29, 1.82) is 0 Å². The summed E-state index contributed by atoms with van der Waals surface area (Å²) in [5.74, 6) is 1.07. The van der Waals surface area contributed by atoms with Crippen LogP contribution in [-0.2, 0) is 4.79 Å². The lowest BCUT2D eigenvalue weighted by Gasteiger charge is -2.16. The number of hydrogen-bond donors (Lipinski definition) is 1. The number of aryl methyl sites for hydroxylation is 2. The Morgan fingerprint density at radius 1 is 1.22 bits per heavy atom. The smallest absolute Gasteiger partial charge is 0.237 e. The molecular weight excluding hydrogens is 382 g/mol. The predicted octanol–water partition coefficient (Wildman–Crippen LogP) is 5.03. The summed E-state index contributed by atoms with van der Waals surface area (Å²) in [7, 11) is 1.55. The van der Waals surface area contributed by atoms with Gasteiger partial charge in [-0.2, -0.15) is 0 Å². The second kappa shape index (κ2) is 8.15. The molecule has 1 atom stereocenters. The van der Waals surface area contributed by atoms with Gasteiger partial charge in [-0.25, -0.2) is 9.97 Å². The summed E-state index contributed by atoms with van der Waals surface area (Å²) >= 11 is 7.54. The van der Waals surface area contributed by atoms with Gasteiger partial charge in [-0.15, -0.1) is 0 Å². The number of thioether (sulfide) groups is 1. The minimum Gasteiger partial charge on any atom is -0.495 e. The maximum atomic E-state index is 12.7. The fraction of sp³-hybridized carbons (Fsp3) is 0.250. The van der Waals surface area contributed by atoms with E-state index in [0.717, 1.165) is 21.5 Å².